The molecule has 0 spiro atoms. The number of carbonyl (C=O) groups is 2. The number of aromatic nitrogens is 3. The highest BCUT2D eigenvalue weighted by atomic mass is 16.4. The Hall–Kier alpha value is -2.90. The number of carbonyl (C=O) groups excluding carboxylic acids is 1. The average Bonchev–Trinajstić information content (AvgIpc) is 2.93. The Morgan fingerprint density at radius 3 is 2.76 bits per heavy atom. The number of carboxylic acid groups (broad SMARTS) is 1. The van der Waals surface area contributed by atoms with E-state index < -0.39 is 17.9 Å². The van der Waals surface area contributed by atoms with E-state index in [0.717, 1.165) is 0 Å². The number of pyridine rings is 1. The lowest BCUT2D eigenvalue weighted by Crippen LogP contribution is -2.43. The normalized spacial score (nSPS) is 11.8. The van der Waals surface area contributed by atoms with Crippen LogP contribution >= 0.6 is 0 Å². The summed E-state index contributed by atoms with van der Waals surface area (Å²) in [5.74, 6) is -1.53. The van der Waals surface area contributed by atoms with Crippen LogP contribution in [0.15, 0.2) is 30.9 Å². The summed E-state index contributed by atoms with van der Waals surface area (Å²) in [5, 5.41) is 11.6. The van der Waals surface area contributed by atoms with Gasteiger partial charge in [-0.15, -0.1) is 0 Å². The predicted molar refractivity (Wildman–Crippen MR) is 74.2 cm³/mol. The molecule has 0 radical (unpaired) electrons. The van der Waals surface area contributed by atoms with Crippen LogP contribution in [0, 0.1) is 0 Å². The van der Waals surface area contributed by atoms with Crippen LogP contribution in [-0.4, -0.2) is 38.0 Å². The summed E-state index contributed by atoms with van der Waals surface area (Å²) >= 11 is 0. The number of nitrogens with two attached hydrogens (primary N) is 1. The molecule has 2 aromatic heterocycles. The lowest BCUT2D eigenvalue weighted by molar-refractivity contribution is -0.141. The van der Waals surface area contributed by atoms with Crippen LogP contribution in [0.4, 0.5) is 5.69 Å². The monoisotopic (exact) mass is 289 g/mol. The van der Waals surface area contributed by atoms with Crippen molar-refractivity contribution in [2.75, 3.05) is 5.73 Å². The van der Waals surface area contributed by atoms with E-state index in [1.54, 1.807) is 12.1 Å². The van der Waals surface area contributed by atoms with Gasteiger partial charge in [0.1, 0.15) is 6.04 Å². The lowest BCUT2D eigenvalue weighted by atomic mass is 10.1. The summed E-state index contributed by atoms with van der Waals surface area (Å²) in [4.78, 5) is 33.6. The quantitative estimate of drug-likeness (QED) is 0.579. The van der Waals surface area contributed by atoms with Crippen molar-refractivity contribution in [2.45, 2.75) is 18.9 Å². The molecule has 5 N–H and O–H groups in total. The summed E-state index contributed by atoms with van der Waals surface area (Å²) in [6, 6.07) is 2.24. The van der Waals surface area contributed by atoms with Crippen LogP contribution in [0.2, 0.25) is 0 Å². The molecule has 2 heterocycles. The topological polar surface area (TPSA) is 134 Å². The third-order valence-electron chi connectivity index (χ3n) is 2.80. The molecule has 1 atom stereocenters. The van der Waals surface area contributed by atoms with Gasteiger partial charge in [-0.25, -0.2) is 9.78 Å². The van der Waals surface area contributed by atoms with Gasteiger partial charge in [0.05, 0.1) is 24.6 Å². The molecule has 8 heteroatoms. The second-order valence-electron chi connectivity index (χ2n) is 4.50. The Morgan fingerprint density at radius 2 is 2.19 bits per heavy atom. The fraction of sp³-hybridized carbons (Fsp3) is 0.231. The van der Waals surface area contributed by atoms with E-state index in [-0.39, 0.29) is 12.8 Å². The van der Waals surface area contributed by atoms with Crippen LogP contribution in [0.25, 0.3) is 0 Å². The van der Waals surface area contributed by atoms with E-state index in [0.29, 0.717) is 17.1 Å². The van der Waals surface area contributed by atoms with Gasteiger partial charge in [-0.1, -0.05) is 0 Å². The van der Waals surface area contributed by atoms with Gasteiger partial charge >= 0.3 is 5.97 Å². The highest BCUT2D eigenvalue weighted by Gasteiger charge is 2.21. The van der Waals surface area contributed by atoms with Crippen LogP contribution in [-0.2, 0) is 22.4 Å². The molecule has 8 nitrogen and oxygen atoms in total. The molecule has 2 rings (SSSR count). The SMILES string of the molecule is Nc1ccc(CC(=O)N[C@H](Cc2cnc[nH]2)C(=O)O)nc1. The third-order valence-corrected chi connectivity index (χ3v) is 2.80. The molecule has 0 unspecified atom stereocenters. The maximum atomic E-state index is 11.9. The van der Waals surface area contributed by atoms with Crippen molar-refractivity contribution in [1.29, 1.82) is 0 Å². The van der Waals surface area contributed by atoms with Gasteiger partial charge in [0.15, 0.2) is 0 Å². The number of carboxylic acids is 1. The van der Waals surface area contributed by atoms with E-state index in [9.17, 15) is 9.59 Å². The van der Waals surface area contributed by atoms with Crippen molar-refractivity contribution in [3.63, 3.8) is 0 Å². The van der Waals surface area contributed by atoms with Gasteiger partial charge in [0.25, 0.3) is 0 Å². The third kappa shape index (κ3) is 4.30. The zero-order valence-corrected chi connectivity index (χ0v) is 11.1. The Morgan fingerprint density at radius 1 is 1.38 bits per heavy atom. The van der Waals surface area contributed by atoms with Gasteiger partial charge in [-0.05, 0) is 12.1 Å². The minimum absolute atomic E-state index is 0.00691. The molecule has 2 aromatic rings. The smallest absolute Gasteiger partial charge is 0.326 e. The maximum Gasteiger partial charge on any atom is 0.326 e. The van der Waals surface area contributed by atoms with Crippen LogP contribution in [0.5, 0.6) is 0 Å². The number of aliphatic carboxylic acids is 1. The first kappa shape index (κ1) is 14.5. The Balaban J connectivity index is 1.95. The molecule has 0 saturated carbocycles. The highest BCUT2D eigenvalue weighted by molar-refractivity contribution is 5.84. The molecule has 21 heavy (non-hydrogen) atoms. The first-order valence-corrected chi connectivity index (χ1v) is 6.24. The summed E-state index contributed by atoms with van der Waals surface area (Å²) < 4.78 is 0. The molecule has 0 aliphatic heterocycles. The number of amides is 1. The van der Waals surface area contributed by atoms with Crippen molar-refractivity contribution in [2.24, 2.45) is 0 Å². The minimum Gasteiger partial charge on any atom is -0.480 e. The molecule has 0 bridgehead atoms. The second-order valence-corrected chi connectivity index (χ2v) is 4.50. The fourth-order valence-electron chi connectivity index (χ4n) is 1.77. The first-order chi connectivity index (χ1) is 10.0. The zero-order valence-electron chi connectivity index (χ0n) is 11.1. The molecular formula is C13H15N5O3. The van der Waals surface area contributed by atoms with Crippen LogP contribution < -0.4 is 11.1 Å². The number of nitrogens with zero attached hydrogens (tertiary/aromatic N) is 2. The molecule has 0 fully saturated rings. The second kappa shape index (κ2) is 6.51. The van der Waals surface area contributed by atoms with E-state index in [1.165, 1.54) is 18.7 Å². The van der Waals surface area contributed by atoms with Crippen LogP contribution in [0.1, 0.15) is 11.4 Å². The number of imidazole rings is 1. The Kier molecular flexibility index (Phi) is 4.50. The lowest BCUT2D eigenvalue weighted by Gasteiger charge is -2.13. The molecule has 0 aliphatic carbocycles. The Labute approximate surface area is 120 Å². The number of nitrogen functional groups attached to an aromatic ring is 1. The first-order valence-electron chi connectivity index (χ1n) is 6.24. The number of nitrogens with one attached hydrogen (secondary N) is 2. The summed E-state index contributed by atoms with van der Waals surface area (Å²) in [6.07, 6.45) is 4.54. The maximum absolute atomic E-state index is 11.9. The number of hydrogen-bond acceptors (Lipinski definition) is 5. The number of aromatic amines is 1. The van der Waals surface area contributed by atoms with E-state index in [1.807, 2.05) is 0 Å². The van der Waals surface area contributed by atoms with Gasteiger partial charge in [0.2, 0.25) is 5.91 Å². The number of rotatable bonds is 6. The summed E-state index contributed by atoms with van der Waals surface area (Å²) in [5.41, 5.74) is 7.16. The van der Waals surface area contributed by atoms with E-state index >= 15 is 0 Å². The zero-order chi connectivity index (χ0) is 15.2. The largest absolute Gasteiger partial charge is 0.480 e. The summed E-state index contributed by atoms with van der Waals surface area (Å²) in [6.45, 7) is 0. The van der Waals surface area contributed by atoms with Crippen molar-refractivity contribution in [3.8, 4) is 0 Å². The van der Waals surface area contributed by atoms with Crippen molar-refractivity contribution in [3.05, 3.63) is 42.2 Å². The van der Waals surface area contributed by atoms with Gasteiger partial charge in [0, 0.05) is 24.0 Å². The fourth-order valence-corrected chi connectivity index (χ4v) is 1.77. The average molecular weight is 289 g/mol. The predicted octanol–water partition coefficient (Wildman–Crippen LogP) is -0.259. The molecule has 1 amide bonds. The van der Waals surface area contributed by atoms with Gasteiger partial charge in [-0.2, -0.15) is 0 Å². The molecule has 110 valence electrons. The molecule has 0 aromatic carbocycles. The van der Waals surface area contributed by atoms with Crippen LogP contribution in [0.3, 0.4) is 0 Å². The van der Waals surface area contributed by atoms with E-state index in [2.05, 4.69) is 20.3 Å². The Bertz CT molecular complexity index is 609. The van der Waals surface area contributed by atoms with Crippen molar-refractivity contribution in [1.82, 2.24) is 20.3 Å². The van der Waals surface area contributed by atoms with Gasteiger partial charge < -0.3 is 21.1 Å². The standard InChI is InChI=1S/C13H15N5O3/c14-8-1-2-9(16-5-8)4-12(19)18-11(13(20)21)3-10-6-15-7-17-10/h1-2,5-7,11H,3-4,14H2,(H,15,17)(H,18,19)(H,20,21)/t11-/m1/s1. The number of anilines is 1. The van der Waals surface area contributed by atoms with Crippen molar-refractivity contribution < 1.29 is 14.7 Å². The van der Waals surface area contributed by atoms with Crippen molar-refractivity contribution >= 4 is 17.6 Å². The number of H-pyrrole nitrogens is 1. The molecular weight excluding hydrogens is 274 g/mol. The highest BCUT2D eigenvalue weighted by Crippen LogP contribution is 2.03. The number of hydrogen-bond donors (Lipinski definition) is 4. The molecule has 0 saturated heterocycles. The minimum atomic E-state index is -1.11. The van der Waals surface area contributed by atoms with Gasteiger partial charge in [-0.3, -0.25) is 9.78 Å². The summed E-state index contributed by atoms with van der Waals surface area (Å²) in [7, 11) is 0. The van der Waals surface area contributed by atoms with E-state index in [4.69, 9.17) is 10.8 Å². The molecule has 0 aliphatic rings.